The van der Waals surface area contributed by atoms with Gasteiger partial charge in [-0.3, -0.25) is 4.90 Å². The van der Waals surface area contributed by atoms with Gasteiger partial charge in [-0.1, -0.05) is 27.7 Å². The summed E-state index contributed by atoms with van der Waals surface area (Å²) in [5, 5.41) is 9.97. The Balaban J connectivity index is 2.82. The first-order chi connectivity index (χ1) is 8.92. The fourth-order valence-corrected chi connectivity index (χ4v) is 2.29. The summed E-state index contributed by atoms with van der Waals surface area (Å²) >= 11 is 0. The van der Waals surface area contributed by atoms with Gasteiger partial charge in [0, 0.05) is 25.2 Å². The molecule has 0 heterocycles. The van der Waals surface area contributed by atoms with E-state index in [4.69, 9.17) is 4.74 Å². The number of rotatable bonds is 7. The Bertz CT molecular complexity index is 378. The second kappa shape index (κ2) is 7.39. The molecule has 1 rings (SSSR count). The van der Waals surface area contributed by atoms with Crippen LogP contribution in [0.15, 0.2) is 18.2 Å². The van der Waals surface area contributed by atoms with Crippen LogP contribution in [0.5, 0.6) is 11.5 Å². The molecule has 0 spiro atoms. The lowest BCUT2D eigenvalue weighted by molar-refractivity contribution is 0.209. The fourth-order valence-electron chi connectivity index (χ4n) is 2.29. The minimum Gasteiger partial charge on any atom is -0.508 e. The van der Waals surface area contributed by atoms with Gasteiger partial charge in [0.15, 0.2) is 0 Å². The maximum Gasteiger partial charge on any atom is 0.120 e. The highest BCUT2D eigenvalue weighted by Gasteiger charge is 2.13. The van der Waals surface area contributed by atoms with Crippen LogP contribution in [0, 0.1) is 11.8 Å². The molecule has 0 atom stereocenters. The zero-order valence-corrected chi connectivity index (χ0v) is 12.8. The molecule has 0 aliphatic rings. The first kappa shape index (κ1) is 15.8. The summed E-state index contributed by atoms with van der Waals surface area (Å²) in [5.41, 5.74) is 0.931. The van der Waals surface area contributed by atoms with Crippen LogP contribution in [0.4, 0.5) is 0 Å². The molecule has 0 aliphatic heterocycles. The Morgan fingerprint density at radius 1 is 1.11 bits per heavy atom. The summed E-state index contributed by atoms with van der Waals surface area (Å²) in [6.45, 7) is 11.7. The summed E-state index contributed by atoms with van der Waals surface area (Å²) in [5.74, 6) is 2.37. The maximum absolute atomic E-state index is 9.97. The normalized spacial score (nSPS) is 11.6. The average Bonchev–Trinajstić information content (AvgIpc) is 2.30. The lowest BCUT2D eigenvalue weighted by atomic mass is 10.1. The number of aromatic hydroxyl groups is 1. The molecule has 108 valence electrons. The highest BCUT2D eigenvalue weighted by atomic mass is 16.5. The van der Waals surface area contributed by atoms with Gasteiger partial charge in [-0.2, -0.15) is 0 Å². The zero-order chi connectivity index (χ0) is 14.4. The van der Waals surface area contributed by atoms with E-state index in [0.717, 1.165) is 30.9 Å². The molecule has 0 fully saturated rings. The molecule has 1 aromatic rings. The standard InChI is InChI=1S/C16H27NO2/c1-12(2)9-17(10-13(3)4)11-14-8-15(19-5)6-7-16(14)18/h6-8,12-13,18H,9-11H2,1-5H3. The third-order valence-corrected chi connectivity index (χ3v) is 2.93. The lowest BCUT2D eigenvalue weighted by Gasteiger charge is -2.26. The molecule has 0 radical (unpaired) electrons. The third kappa shape index (κ3) is 5.52. The molecular weight excluding hydrogens is 238 g/mol. The number of hydrogen-bond acceptors (Lipinski definition) is 3. The van der Waals surface area contributed by atoms with Crippen molar-refractivity contribution < 1.29 is 9.84 Å². The number of nitrogens with zero attached hydrogens (tertiary/aromatic N) is 1. The molecule has 0 aliphatic carbocycles. The van der Waals surface area contributed by atoms with Crippen LogP contribution in [0.1, 0.15) is 33.3 Å². The van der Waals surface area contributed by atoms with E-state index >= 15 is 0 Å². The third-order valence-electron chi connectivity index (χ3n) is 2.93. The van der Waals surface area contributed by atoms with Gasteiger partial charge < -0.3 is 9.84 Å². The number of phenols is 1. The minimum absolute atomic E-state index is 0.346. The zero-order valence-electron chi connectivity index (χ0n) is 12.8. The molecule has 0 saturated heterocycles. The van der Waals surface area contributed by atoms with Crippen molar-refractivity contribution in [1.29, 1.82) is 0 Å². The van der Waals surface area contributed by atoms with E-state index in [1.165, 1.54) is 0 Å². The van der Waals surface area contributed by atoms with Crippen LogP contribution < -0.4 is 4.74 Å². The van der Waals surface area contributed by atoms with E-state index in [-0.39, 0.29) is 0 Å². The Morgan fingerprint density at radius 2 is 1.68 bits per heavy atom. The van der Waals surface area contributed by atoms with Crippen molar-refractivity contribution in [3.63, 3.8) is 0 Å². The van der Waals surface area contributed by atoms with Crippen molar-refractivity contribution in [2.24, 2.45) is 11.8 Å². The summed E-state index contributed by atoms with van der Waals surface area (Å²) in [4.78, 5) is 2.39. The topological polar surface area (TPSA) is 32.7 Å². The van der Waals surface area contributed by atoms with Gasteiger partial charge in [-0.25, -0.2) is 0 Å². The summed E-state index contributed by atoms with van der Waals surface area (Å²) < 4.78 is 5.22. The number of phenolic OH excluding ortho intramolecular Hbond substituents is 1. The van der Waals surface area contributed by atoms with Gasteiger partial charge in [0.1, 0.15) is 11.5 Å². The minimum atomic E-state index is 0.346. The Hall–Kier alpha value is -1.22. The summed E-state index contributed by atoms with van der Waals surface area (Å²) in [6, 6.07) is 5.41. The van der Waals surface area contributed by atoms with E-state index in [1.807, 2.05) is 6.07 Å². The van der Waals surface area contributed by atoms with E-state index in [2.05, 4.69) is 32.6 Å². The number of ether oxygens (including phenoxy) is 1. The second-order valence-corrected chi connectivity index (χ2v) is 5.98. The SMILES string of the molecule is COc1ccc(O)c(CN(CC(C)C)CC(C)C)c1. The fraction of sp³-hybridized carbons (Fsp3) is 0.625. The molecule has 3 heteroatoms. The average molecular weight is 265 g/mol. The van der Waals surface area contributed by atoms with Crippen LogP contribution in [0.25, 0.3) is 0 Å². The monoisotopic (exact) mass is 265 g/mol. The highest BCUT2D eigenvalue weighted by Crippen LogP contribution is 2.24. The van der Waals surface area contributed by atoms with Crippen LogP contribution in [0.3, 0.4) is 0 Å². The Morgan fingerprint density at radius 3 is 2.16 bits per heavy atom. The summed E-state index contributed by atoms with van der Waals surface area (Å²) in [6.07, 6.45) is 0. The number of methoxy groups -OCH3 is 1. The largest absolute Gasteiger partial charge is 0.508 e. The van der Waals surface area contributed by atoms with Gasteiger partial charge in [0.25, 0.3) is 0 Å². The van der Waals surface area contributed by atoms with E-state index < -0.39 is 0 Å². The summed E-state index contributed by atoms with van der Waals surface area (Å²) in [7, 11) is 1.65. The van der Waals surface area contributed by atoms with Crippen molar-refractivity contribution in [3.8, 4) is 11.5 Å². The van der Waals surface area contributed by atoms with Gasteiger partial charge in [0.2, 0.25) is 0 Å². The van der Waals surface area contributed by atoms with Crippen molar-refractivity contribution in [1.82, 2.24) is 4.90 Å². The molecule has 19 heavy (non-hydrogen) atoms. The van der Waals surface area contributed by atoms with Crippen molar-refractivity contribution in [2.45, 2.75) is 34.2 Å². The van der Waals surface area contributed by atoms with E-state index in [0.29, 0.717) is 17.6 Å². The number of benzene rings is 1. The molecule has 0 saturated carbocycles. The van der Waals surface area contributed by atoms with Gasteiger partial charge >= 0.3 is 0 Å². The van der Waals surface area contributed by atoms with Crippen molar-refractivity contribution in [3.05, 3.63) is 23.8 Å². The quantitative estimate of drug-likeness (QED) is 0.819. The first-order valence-electron chi connectivity index (χ1n) is 7.00. The molecule has 0 aromatic heterocycles. The predicted molar refractivity (Wildman–Crippen MR) is 79.6 cm³/mol. The van der Waals surface area contributed by atoms with Crippen molar-refractivity contribution in [2.75, 3.05) is 20.2 Å². The smallest absolute Gasteiger partial charge is 0.120 e. The molecule has 3 nitrogen and oxygen atoms in total. The van der Waals surface area contributed by atoms with Gasteiger partial charge in [-0.15, -0.1) is 0 Å². The van der Waals surface area contributed by atoms with E-state index in [9.17, 15) is 5.11 Å². The van der Waals surface area contributed by atoms with Gasteiger partial charge in [-0.05, 0) is 30.0 Å². The molecule has 0 unspecified atom stereocenters. The van der Waals surface area contributed by atoms with Crippen molar-refractivity contribution >= 4 is 0 Å². The van der Waals surface area contributed by atoms with Gasteiger partial charge in [0.05, 0.1) is 7.11 Å². The van der Waals surface area contributed by atoms with Crippen LogP contribution in [0.2, 0.25) is 0 Å². The van der Waals surface area contributed by atoms with E-state index in [1.54, 1.807) is 19.2 Å². The predicted octanol–water partition coefficient (Wildman–Crippen LogP) is 3.51. The van der Waals surface area contributed by atoms with Crippen LogP contribution >= 0.6 is 0 Å². The second-order valence-electron chi connectivity index (χ2n) is 5.98. The Kier molecular flexibility index (Phi) is 6.16. The molecule has 1 N–H and O–H groups in total. The highest BCUT2D eigenvalue weighted by molar-refractivity contribution is 5.39. The molecule has 0 amide bonds. The van der Waals surface area contributed by atoms with Crippen LogP contribution in [-0.4, -0.2) is 30.2 Å². The molecule has 1 aromatic carbocycles. The number of hydrogen-bond donors (Lipinski definition) is 1. The first-order valence-corrected chi connectivity index (χ1v) is 7.00. The Labute approximate surface area is 117 Å². The maximum atomic E-state index is 9.97. The lowest BCUT2D eigenvalue weighted by Crippen LogP contribution is -2.30. The molecular formula is C16H27NO2. The van der Waals surface area contributed by atoms with Crippen LogP contribution in [-0.2, 0) is 6.54 Å². The molecule has 0 bridgehead atoms.